The number of hydrogen-bond acceptors (Lipinski definition) is 3. The Labute approximate surface area is 122 Å². The van der Waals surface area contributed by atoms with Gasteiger partial charge in [-0.25, -0.2) is 9.69 Å². The van der Waals surface area contributed by atoms with Crippen LogP contribution in [-0.2, 0) is 4.74 Å². The molecule has 3 rings (SSSR count). The van der Waals surface area contributed by atoms with Crippen LogP contribution in [0.1, 0.15) is 11.1 Å². The number of carbonyl (C=O) groups excluding carboxylic acids is 1. The third-order valence-electron chi connectivity index (χ3n) is 3.20. The molecule has 4 heteroatoms. The van der Waals surface area contributed by atoms with Gasteiger partial charge in [0.15, 0.2) is 0 Å². The summed E-state index contributed by atoms with van der Waals surface area (Å²) in [5, 5.41) is 8.80. The predicted octanol–water partition coefficient (Wildman–Crippen LogP) is 3.56. The molecule has 0 saturated carbocycles. The molecule has 0 atom stereocenters. The van der Waals surface area contributed by atoms with Crippen LogP contribution in [-0.4, -0.2) is 12.7 Å². The molecule has 0 N–H and O–H groups in total. The molecule has 0 radical (unpaired) electrons. The average molecular weight is 276 g/mol. The maximum Gasteiger partial charge on any atom is 0.419 e. The third-order valence-corrected chi connectivity index (χ3v) is 3.20. The van der Waals surface area contributed by atoms with E-state index in [1.807, 2.05) is 48.5 Å². The minimum atomic E-state index is -0.374. The summed E-state index contributed by atoms with van der Waals surface area (Å²) in [6.07, 6.45) is 1.51. The summed E-state index contributed by atoms with van der Waals surface area (Å²) in [7, 11) is 0. The number of cyclic esters (lactones) is 1. The molecule has 1 saturated heterocycles. The summed E-state index contributed by atoms with van der Waals surface area (Å²) >= 11 is 0. The van der Waals surface area contributed by atoms with Gasteiger partial charge < -0.3 is 4.74 Å². The zero-order valence-corrected chi connectivity index (χ0v) is 11.2. The standard InChI is InChI=1S/C17H12N2O2/c18-11-14-8-6-13(7-9-14)10-16-12-21-17(20)19(16)15-4-2-1-3-5-15/h1-10H,12H2/b16-10+. The molecule has 21 heavy (non-hydrogen) atoms. The van der Waals surface area contributed by atoms with Crippen LogP contribution in [0.5, 0.6) is 0 Å². The van der Waals surface area contributed by atoms with Crippen LogP contribution in [0.2, 0.25) is 0 Å². The topological polar surface area (TPSA) is 53.3 Å². The van der Waals surface area contributed by atoms with Crippen molar-refractivity contribution in [1.29, 1.82) is 5.26 Å². The van der Waals surface area contributed by atoms with Crippen LogP contribution in [0.3, 0.4) is 0 Å². The molecule has 0 bridgehead atoms. The van der Waals surface area contributed by atoms with Crippen LogP contribution in [0.15, 0.2) is 60.3 Å². The Morgan fingerprint density at radius 2 is 1.81 bits per heavy atom. The summed E-state index contributed by atoms with van der Waals surface area (Å²) in [6, 6.07) is 18.6. The van der Waals surface area contributed by atoms with Gasteiger partial charge in [0.25, 0.3) is 0 Å². The van der Waals surface area contributed by atoms with Crippen molar-refractivity contribution < 1.29 is 9.53 Å². The van der Waals surface area contributed by atoms with Crippen molar-refractivity contribution in [2.45, 2.75) is 0 Å². The highest BCUT2D eigenvalue weighted by molar-refractivity contribution is 5.95. The lowest BCUT2D eigenvalue weighted by Gasteiger charge is -2.14. The van der Waals surface area contributed by atoms with Gasteiger partial charge in [-0.15, -0.1) is 0 Å². The second-order valence-corrected chi connectivity index (χ2v) is 4.60. The lowest BCUT2D eigenvalue weighted by atomic mass is 10.1. The molecule has 1 amide bonds. The van der Waals surface area contributed by atoms with Crippen molar-refractivity contribution in [2.24, 2.45) is 0 Å². The highest BCUT2D eigenvalue weighted by Gasteiger charge is 2.28. The first-order chi connectivity index (χ1) is 10.3. The number of carbonyl (C=O) groups is 1. The molecule has 0 aliphatic carbocycles. The van der Waals surface area contributed by atoms with E-state index in [2.05, 4.69) is 6.07 Å². The molecule has 2 aromatic rings. The van der Waals surface area contributed by atoms with Gasteiger partial charge in [0.1, 0.15) is 6.61 Å². The quantitative estimate of drug-likeness (QED) is 0.842. The van der Waals surface area contributed by atoms with Gasteiger partial charge >= 0.3 is 6.09 Å². The van der Waals surface area contributed by atoms with Gasteiger partial charge in [0.2, 0.25) is 0 Å². The minimum absolute atomic E-state index is 0.244. The molecule has 4 nitrogen and oxygen atoms in total. The van der Waals surface area contributed by atoms with Gasteiger partial charge in [-0.2, -0.15) is 5.26 Å². The Morgan fingerprint density at radius 1 is 1.10 bits per heavy atom. The van der Waals surface area contributed by atoms with Crippen LogP contribution in [0.25, 0.3) is 6.08 Å². The van der Waals surface area contributed by atoms with Crippen molar-refractivity contribution in [3.63, 3.8) is 0 Å². The average Bonchev–Trinajstić information content (AvgIpc) is 2.89. The van der Waals surface area contributed by atoms with Crippen LogP contribution in [0.4, 0.5) is 10.5 Å². The second kappa shape index (κ2) is 5.51. The number of para-hydroxylation sites is 1. The molecule has 0 spiro atoms. The Bertz CT molecular complexity index is 728. The van der Waals surface area contributed by atoms with Crippen molar-refractivity contribution in [3.8, 4) is 6.07 Å². The summed E-state index contributed by atoms with van der Waals surface area (Å²) in [6.45, 7) is 0.244. The van der Waals surface area contributed by atoms with E-state index >= 15 is 0 Å². The lowest BCUT2D eigenvalue weighted by Crippen LogP contribution is -2.21. The Kier molecular flexibility index (Phi) is 3.40. The molecular formula is C17H12N2O2. The summed E-state index contributed by atoms with van der Waals surface area (Å²) in [5.74, 6) is 0. The fourth-order valence-corrected chi connectivity index (χ4v) is 2.18. The maximum absolute atomic E-state index is 11.9. The number of hydrogen-bond donors (Lipinski definition) is 0. The van der Waals surface area contributed by atoms with E-state index in [1.54, 1.807) is 17.0 Å². The lowest BCUT2D eigenvalue weighted by molar-refractivity contribution is 0.182. The first kappa shape index (κ1) is 12.9. The highest BCUT2D eigenvalue weighted by Crippen LogP contribution is 2.26. The molecule has 1 fully saturated rings. The van der Waals surface area contributed by atoms with Crippen LogP contribution >= 0.6 is 0 Å². The predicted molar refractivity (Wildman–Crippen MR) is 79.4 cm³/mol. The van der Waals surface area contributed by atoms with Crippen molar-refractivity contribution in [1.82, 2.24) is 0 Å². The summed E-state index contributed by atoms with van der Waals surface area (Å²) in [5.41, 5.74) is 3.08. The third kappa shape index (κ3) is 2.63. The maximum atomic E-state index is 11.9. The number of benzene rings is 2. The Morgan fingerprint density at radius 3 is 2.48 bits per heavy atom. The van der Waals surface area contributed by atoms with E-state index in [4.69, 9.17) is 10.00 Å². The smallest absolute Gasteiger partial charge is 0.419 e. The van der Waals surface area contributed by atoms with Crippen LogP contribution in [0, 0.1) is 11.3 Å². The normalized spacial score (nSPS) is 15.9. The highest BCUT2D eigenvalue weighted by atomic mass is 16.6. The Balaban J connectivity index is 1.94. The largest absolute Gasteiger partial charge is 0.442 e. The molecule has 0 unspecified atom stereocenters. The van der Waals surface area contributed by atoms with E-state index < -0.39 is 0 Å². The van der Waals surface area contributed by atoms with E-state index in [0.717, 1.165) is 16.9 Å². The second-order valence-electron chi connectivity index (χ2n) is 4.60. The fraction of sp³-hybridized carbons (Fsp3) is 0.0588. The van der Waals surface area contributed by atoms with Gasteiger partial charge in [-0.3, -0.25) is 0 Å². The number of nitriles is 1. The van der Waals surface area contributed by atoms with E-state index in [9.17, 15) is 4.79 Å². The van der Waals surface area contributed by atoms with Gasteiger partial charge in [-0.1, -0.05) is 30.3 Å². The monoisotopic (exact) mass is 276 g/mol. The SMILES string of the molecule is N#Cc1ccc(/C=C2\COC(=O)N2c2ccccc2)cc1. The first-order valence-electron chi connectivity index (χ1n) is 6.50. The van der Waals surface area contributed by atoms with Crippen molar-refractivity contribution >= 4 is 17.9 Å². The number of rotatable bonds is 2. The molecule has 1 aliphatic rings. The number of ether oxygens (including phenoxy) is 1. The Hall–Kier alpha value is -3.06. The van der Waals surface area contributed by atoms with Gasteiger partial charge in [-0.05, 0) is 35.9 Å². The molecule has 1 aliphatic heterocycles. The number of amides is 1. The molecule has 0 aromatic heterocycles. The van der Waals surface area contributed by atoms with Crippen molar-refractivity contribution in [3.05, 3.63) is 71.4 Å². The molecular weight excluding hydrogens is 264 g/mol. The van der Waals surface area contributed by atoms with E-state index in [-0.39, 0.29) is 12.7 Å². The van der Waals surface area contributed by atoms with Crippen LogP contribution < -0.4 is 4.90 Å². The first-order valence-corrected chi connectivity index (χ1v) is 6.50. The minimum Gasteiger partial charge on any atom is -0.442 e. The zero-order chi connectivity index (χ0) is 14.7. The zero-order valence-electron chi connectivity index (χ0n) is 11.2. The molecule has 102 valence electrons. The summed E-state index contributed by atoms with van der Waals surface area (Å²) < 4.78 is 5.12. The molecule has 2 aromatic carbocycles. The van der Waals surface area contributed by atoms with Gasteiger partial charge in [0, 0.05) is 0 Å². The summed E-state index contributed by atoms with van der Waals surface area (Å²) in [4.78, 5) is 13.4. The van der Waals surface area contributed by atoms with Gasteiger partial charge in [0.05, 0.1) is 23.0 Å². The number of nitrogens with zero attached hydrogens (tertiary/aromatic N) is 2. The van der Waals surface area contributed by atoms with E-state index in [1.165, 1.54) is 0 Å². The fourth-order valence-electron chi connectivity index (χ4n) is 2.18. The van der Waals surface area contributed by atoms with Crippen molar-refractivity contribution in [2.75, 3.05) is 11.5 Å². The number of anilines is 1. The molecule has 1 heterocycles. The van der Waals surface area contributed by atoms with E-state index in [0.29, 0.717) is 5.56 Å².